The van der Waals surface area contributed by atoms with Gasteiger partial charge >= 0.3 is 0 Å². The van der Waals surface area contributed by atoms with Crippen molar-refractivity contribution in [3.05, 3.63) is 65.4 Å². The number of aryl methyl sites for hydroxylation is 1. The van der Waals surface area contributed by atoms with Gasteiger partial charge in [0, 0.05) is 30.6 Å². The van der Waals surface area contributed by atoms with Crippen LogP contribution >= 0.6 is 0 Å². The van der Waals surface area contributed by atoms with Crippen molar-refractivity contribution in [2.75, 3.05) is 0 Å². The molecular formula is C24H22F2N4O. The Labute approximate surface area is 178 Å². The molecule has 5 nitrogen and oxygen atoms in total. The van der Waals surface area contributed by atoms with Crippen LogP contribution in [0.1, 0.15) is 42.9 Å². The van der Waals surface area contributed by atoms with Crippen molar-refractivity contribution in [1.29, 1.82) is 0 Å². The monoisotopic (exact) mass is 420 g/mol. The molecule has 3 aromatic rings. The zero-order valence-corrected chi connectivity index (χ0v) is 17.2. The van der Waals surface area contributed by atoms with Crippen molar-refractivity contribution in [1.82, 2.24) is 14.8 Å². The lowest BCUT2D eigenvalue weighted by Gasteiger charge is -2.69. The summed E-state index contributed by atoms with van der Waals surface area (Å²) in [6, 6.07) is 9.30. The lowest BCUT2D eigenvalue weighted by atomic mass is 9.34. The number of hydrazone groups is 1. The molecule has 0 radical (unpaired) electrons. The van der Waals surface area contributed by atoms with Crippen LogP contribution in [0.2, 0.25) is 0 Å². The third kappa shape index (κ3) is 2.75. The Morgan fingerprint density at radius 3 is 2.61 bits per heavy atom. The molecule has 1 atom stereocenters. The van der Waals surface area contributed by atoms with Crippen LogP contribution < -0.4 is 0 Å². The zero-order valence-electron chi connectivity index (χ0n) is 17.2. The fraction of sp³-hybridized carbons (Fsp3) is 0.375. The molecule has 1 aliphatic heterocycles. The molecular weight excluding hydrogens is 398 g/mol. The van der Waals surface area contributed by atoms with Gasteiger partial charge in [0.15, 0.2) is 0 Å². The maximum Gasteiger partial charge on any atom is 0.249 e. The number of rotatable bonds is 4. The molecule has 2 bridgehead atoms. The fourth-order valence-electron chi connectivity index (χ4n) is 5.94. The van der Waals surface area contributed by atoms with Crippen LogP contribution in [0.4, 0.5) is 8.78 Å². The van der Waals surface area contributed by atoms with Crippen molar-refractivity contribution < 1.29 is 13.6 Å². The van der Waals surface area contributed by atoms with Crippen molar-refractivity contribution in [3.63, 3.8) is 0 Å². The minimum Gasteiger partial charge on any atom is -0.272 e. The van der Waals surface area contributed by atoms with Gasteiger partial charge in [-0.2, -0.15) is 10.2 Å². The standard InChI is InChI=1S/C24H22F2N4O/c1-15-2-3-20-17(6-15)10-28-29(20)14-23-11-24(12-23,13-23)22(31)30-21(4-5-27-30)16-7-18(25)9-19(26)8-16/h2-3,5-10,21H,4,11-14H2,1H3. The van der Waals surface area contributed by atoms with Gasteiger partial charge in [-0.15, -0.1) is 0 Å². The van der Waals surface area contributed by atoms with E-state index in [-0.39, 0.29) is 11.3 Å². The molecule has 158 valence electrons. The van der Waals surface area contributed by atoms with E-state index in [1.165, 1.54) is 22.7 Å². The molecule has 0 saturated heterocycles. The van der Waals surface area contributed by atoms with E-state index in [0.29, 0.717) is 12.0 Å². The Hall–Kier alpha value is -3.09. The third-order valence-corrected chi connectivity index (χ3v) is 7.18. The van der Waals surface area contributed by atoms with E-state index in [4.69, 9.17) is 0 Å². The van der Waals surface area contributed by atoms with Crippen LogP contribution in [-0.2, 0) is 11.3 Å². The summed E-state index contributed by atoms with van der Waals surface area (Å²) in [4.78, 5) is 13.3. The molecule has 1 aromatic heterocycles. The van der Waals surface area contributed by atoms with E-state index < -0.39 is 23.1 Å². The zero-order chi connectivity index (χ0) is 21.4. The number of hydrogen-bond donors (Lipinski definition) is 0. The van der Waals surface area contributed by atoms with Gasteiger partial charge in [-0.3, -0.25) is 9.48 Å². The Morgan fingerprint density at radius 1 is 1.13 bits per heavy atom. The largest absolute Gasteiger partial charge is 0.272 e. The first kappa shape index (κ1) is 18.7. The highest BCUT2D eigenvalue weighted by Crippen LogP contribution is 2.74. The molecule has 2 heterocycles. The number of nitrogens with zero attached hydrogens (tertiary/aromatic N) is 4. The van der Waals surface area contributed by atoms with Gasteiger partial charge in [0.1, 0.15) is 11.6 Å². The van der Waals surface area contributed by atoms with E-state index in [9.17, 15) is 13.6 Å². The number of amides is 1. The number of carbonyl (C=O) groups excluding carboxylic acids is 1. The molecule has 1 amide bonds. The summed E-state index contributed by atoms with van der Waals surface area (Å²) < 4.78 is 29.5. The van der Waals surface area contributed by atoms with Crippen molar-refractivity contribution in [2.45, 2.75) is 45.2 Å². The van der Waals surface area contributed by atoms with E-state index >= 15 is 0 Å². The molecule has 3 fully saturated rings. The molecule has 2 aromatic carbocycles. The van der Waals surface area contributed by atoms with Gasteiger partial charge < -0.3 is 0 Å². The molecule has 7 heteroatoms. The lowest BCUT2D eigenvalue weighted by Crippen LogP contribution is -2.68. The number of hydrogen-bond acceptors (Lipinski definition) is 3. The number of fused-ring (bicyclic) bond motifs is 1. The molecule has 7 rings (SSSR count). The minimum atomic E-state index is -0.639. The predicted octanol–water partition coefficient (Wildman–Crippen LogP) is 4.75. The Bertz CT molecular complexity index is 1220. The number of carbonyl (C=O) groups is 1. The van der Waals surface area contributed by atoms with Crippen molar-refractivity contribution in [3.8, 4) is 0 Å². The van der Waals surface area contributed by atoms with E-state index in [1.54, 1.807) is 6.21 Å². The number of aromatic nitrogens is 2. The van der Waals surface area contributed by atoms with Crippen molar-refractivity contribution >= 4 is 23.0 Å². The average Bonchev–Trinajstić information content (AvgIpc) is 3.29. The summed E-state index contributed by atoms with van der Waals surface area (Å²) in [5.74, 6) is -1.31. The second kappa shape index (κ2) is 6.22. The molecule has 4 aliphatic rings. The molecule has 0 N–H and O–H groups in total. The molecule has 3 saturated carbocycles. The van der Waals surface area contributed by atoms with Crippen LogP contribution in [0.3, 0.4) is 0 Å². The van der Waals surface area contributed by atoms with Gasteiger partial charge in [0.05, 0.1) is 23.2 Å². The fourth-order valence-corrected chi connectivity index (χ4v) is 5.94. The molecule has 0 spiro atoms. The second-order valence-electron chi connectivity index (χ2n) is 9.58. The summed E-state index contributed by atoms with van der Waals surface area (Å²) in [6.07, 6.45) is 6.45. The molecule has 31 heavy (non-hydrogen) atoms. The number of benzene rings is 2. The summed E-state index contributed by atoms with van der Waals surface area (Å²) in [5, 5.41) is 11.4. The first-order valence-electron chi connectivity index (χ1n) is 10.6. The highest BCUT2D eigenvalue weighted by Gasteiger charge is 2.72. The molecule has 1 unspecified atom stereocenters. The predicted molar refractivity (Wildman–Crippen MR) is 112 cm³/mol. The average molecular weight is 420 g/mol. The second-order valence-corrected chi connectivity index (χ2v) is 9.58. The van der Waals surface area contributed by atoms with E-state index in [2.05, 4.69) is 40.0 Å². The van der Waals surface area contributed by atoms with Gasteiger partial charge in [0.2, 0.25) is 5.91 Å². The highest BCUT2D eigenvalue weighted by molar-refractivity contribution is 5.88. The third-order valence-electron chi connectivity index (χ3n) is 7.18. The summed E-state index contributed by atoms with van der Waals surface area (Å²) in [6.45, 7) is 2.87. The topological polar surface area (TPSA) is 50.5 Å². The van der Waals surface area contributed by atoms with Gasteiger partial charge in [0.25, 0.3) is 0 Å². The Balaban J connectivity index is 1.18. The Kier molecular flexibility index (Phi) is 3.74. The number of halogens is 2. The quantitative estimate of drug-likeness (QED) is 0.612. The molecule has 3 aliphatic carbocycles. The van der Waals surface area contributed by atoms with Crippen molar-refractivity contribution in [2.24, 2.45) is 15.9 Å². The first-order chi connectivity index (χ1) is 14.9. The van der Waals surface area contributed by atoms with E-state index in [0.717, 1.165) is 42.8 Å². The van der Waals surface area contributed by atoms with Gasteiger partial charge in [-0.1, -0.05) is 11.6 Å². The maximum absolute atomic E-state index is 13.7. The summed E-state index contributed by atoms with van der Waals surface area (Å²) >= 11 is 0. The smallest absolute Gasteiger partial charge is 0.249 e. The SMILES string of the molecule is Cc1ccc2c(cnn2CC23CC(C(=O)N4N=CCC4c4cc(F)cc(F)c4)(C2)C3)c1. The van der Waals surface area contributed by atoms with Crippen LogP contribution in [-0.4, -0.2) is 26.9 Å². The highest BCUT2D eigenvalue weighted by atomic mass is 19.1. The lowest BCUT2D eigenvalue weighted by molar-refractivity contribution is -0.223. The van der Waals surface area contributed by atoms with Crippen LogP contribution in [0, 0.1) is 29.4 Å². The van der Waals surface area contributed by atoms with Crippen LogP contribution in [0.25, 0.3) is 10.9 Å². The van der Waals surface area contributed by atoms with E-state index in [1.807, 2.05) is 6.20 Å². The summed E-state index contributed by atoms with van der Waals surface area (Å²) in [7, 11) is 0. The Morgan fingerprint density at radius 2 is 1.87 bits per heavy atom. The first-order valence-corrected chi connectivity index (χ1v) is 10.6. The normalized spacial score (nSPS) is 28.6. The van der Waals surface area contributed by atoms with Gasteiger partial charge in [-0.25, -0.2) is 13.8 Å². The van der Waals surface area contributed by atoms with Crippen LogP contribution in [0.15, 0.2) is 47.7 Å². The van der Waals surface area contributed by atoms with Gasteiger partial charge in [-0.05, 0) is 61.4 Å². The van der Waals surface area contributed by atoms with Crippen LogP contribution in [0.5, 0.6) is 0 Å². The maximum atomic E-state index is 13.7. The summed E-state index contributed by atoms with van der Waals surface area (Å²) in [5.41, 5.74) is 2.48. The minimum absolute atomic E-state index is 0.0289.